The van der Waals surface area contributed by atoms with E-state index in [2.05, 4.69) is 18.8 Å². The van der Waals surface area contributed by atoms with Crippen molar-refractivity contribution >= 4 is 22.6 Å². The van der Waals surface area contributed by atoms with Crippen LogP contribution in [0.3, 0.4) is 0 Å². The third kappa shape index (κ3) is 5.88. The Balaban J connectivity index is 1.34. The fourth-order valence-electron chi connectivity index (χ4n) is 5.49. The summed E-state index contributed by atoms with van der Waals surface area (Å²) in [4.78, 5) is 8.87. The Morgan fingerprint density at radius 1 is 0.955 bits per heavy atom. The molecule has 3 heterocycles. The van der Waals surface area contributed by atoms with Crippen LogP contribution in [0.5, 0.6) is 5.88 Å². The van der Waals surface area contributed by atoms with Gasteiger partial charge in [0.2, 0.25) is 5.88 Å². The first-order valence-corrected chi connectivity index (χ1v) is 14.3. The summed E-state index contributed by atoms with van der Waals surface area (Å²) in [6, 6.07) is 15.3. The number of imidazole rings is 1. The number of benzene rings is 3. The number of aromatic nitrogens is 3. The van der Waals surface area contributed by atoms with Crippen molar-refractivity contribution in [2.75, 3.05) is 13.2 Å². The number of pyridine rings is 1. The molecule has 0 amide bonds. The van der Waals surface area contributed by atoms with Crippen molar-refractivity contribution in [2.45, 2.75) is 39.3 Å². The van der Waals surface area contributed by atoms with Crippen LogP contribution in [0.15, 0.2) is 66.7 Å². The third-order valence-electron chi connectivity index (χ3n) is 7.86. The van der Waals surface area contributed by atoms with Crippen LogP contribution < -0.4 is 4.74 Å². The van der Waals surface area contributed by atoms with Crippen LogP contribution in [0.1, 0.15) is 48.8 Å². The maximum absolute atomic E-state index is 15.6. The van der Waals surface area contributed by atoms with E-state index in [0.717, 1.165) is 41.4 Å². The van der Waals surface area contributed by atoms with Crippen LogP contribution >= 0.6 is 11.6 Å². The number of para-hydroxylation sites is 2. The van der Waals surface area contributed by atoms with E-state index in [1.165, 1.54) is 12.1 Å². The quantitative estimate of drug-likeness (QED) is 0.161. The normalized spacial score (nSPS) is 16.2. The second kappa shape index (κ2) is 11.8. The van der Waals surface area contributed by atoms with E-state index >= 15 is 8.78 Å². The minimum Gasteiger partial charge on any atom is -0.473 e. The molecule has 44 heavy (non-hydrogen) atoms. The number of nitrogens with zero attached hydrogens (tertiary/aromatic N) is 3. The summed E-state index contributed by atoms with van der Waals surface area (Å²) in [6.45, 7) is 4.83. The zero-order valence-electron chi connectivity index (χ0n) is 23.8. The van der Waals surface area contributed by atoms with Gasteiger partial charge in [0.1, 0.15) is 29.9 Å². The van der Waals surface area contributed by atoms with Crippen LogP contribution in [-0.2, 0) is 17.8 Å². The van der Waals surface area contributed by atoms with E-state index in [0.29, 0.717) is 19.0 Å². The Labute approximate surface area is 255 Å². The predicted molar refractivity (Wildman–Crippen MR) is 156 cm³/mol. The molecule has 228 valence electrons. The summed E-state index contributed by atoms with van der Waals surface area (Å²) < 4.78 is 86.3. The van der Waals surface area contributed by atoms with Crippen molar-refractivity contribution in [2.24, 2.45) is 5.41 Å². The fourth-order valence-corrected chi connectivity index (χ4v) is 5.65. The van der Waals surface area contributed by atoms with Crippen LogP contribution in [-0.4, -0.2) is 27.7 Å². The number of hydrogen-bond donors (Lipinski definition) is 0. The van der Waals surface area contributed by atoms with Gasteiger partial charge in [-0.1, -0.05) is 43.6 Å². The minimum atomic E-state index is -2.95. The van der Waals surface area contributed by atoms with Crippen molar-refractivity contribution in [3.05, 3.63) is 112 Å². The predicted octanol–water partition coefficient (Wildman–Crippen LogP) is 8.87. The molecule has 0 N–H and O–H groups in total. The van der Waals surface area contributed by atoms with Gasteiger partial charge in [0, 0.05) is 39.6 Å². The second-order valence-corrected chi connectivity index (χ2v) is 11.9. The van der Waals surface area contributed by atoms with E-state index in [-0.39, 0.29) is 57.8 Å². The number of hydrogen-bond acceptors (Lipinski definition) is 4. The lowest BCUT2D eigenvalue weighted by atomic mass is 9.87. The van der Waals surface area contributed by atoms with Gasteiger partial charge in [-0.15, -0.1) is 0 Å². The van der Waals surface area contributed by atoms with Crippen molar-refractivity contribution in [3.8, 4) is 17.1 Å². The van der Waals surface area contributed by atoms with Gasteiger partial charge in [-0.05, 0) is 48.0 Å². The average molecular weight is 628 g/mol. The fraction of sp³-hybridized carbons (Fsp3) is 0.273. The highest BCUT2D eigenvalue weighted by Crippen LogP contribution is 2.40. The lowest BCUT2D eigenvalue weighted by Gasteiger charge is -2.28. The molecule has 0 saturated carbocycles. The van der Waals surface area contributed by atoms with Crippen LogP contribution in [0, 0.1) is 22.9 Å². The molecular weight excluding hydrogens is 601 g/mol. The molecule has 0 bridgehead atoms. The molecule has 0 spiro atoms. The Kier molecular flexibility index (Phi) is 8.06. The summed E-state index contributed by atoms with van der Waals surface area (Å²) in [7, 11) is 0. The highest BCUT2D eigenvalue weighted by Gasteiger charge is 2.39. The molecule has 5 nitrogen and oxygen atoms in total. The number of rotatable bonds is 8. The SMILES string of the molecule is CC1(C)COC[C@H]1n1c(Cc2cc(F)c(-c3cc(C(F)F)cc(OCc4ccc(Cl)cc4F)n3)cc2F)nc2ccccc21. The maximum Gasteiger partial charge on any atom is 0.264 e. The summed E-state index contributed by atoms with van der Waals surface area (Å²) in [5.74, 6) is -2.02. The molecule has 11 heteroatoms. The summed E-state index contributed by atoms with van der Waals surface area (Å²) in [5.41, 5.74) is 0.431. The monoisotopic (exact) mass is 627 g/mol. The average Bonchev–Trinajstić information content (AvgIpc) is 3.51. The molecule has 0 unspecified atom stereocenters. The zero-order valence-corrected chi connectivity index (χ0v) is 24.5. The summed E-state index contributed by atoms with van der Waals surface area (Å²) in [6.07, 6.45) is -2.97. The van der Waals surface area contributed by atoms with Gasteiger partial charge in [0.15, 0.2) is 0 Å². The van der Waals surface area contributed by atoms with Crippen molar-refractivity contribution in [1.29, 1.82) is 0 Å². The second-order valence-electron chi connectivity index (χ2n) is 11.5. The van der Waals surface area contributed by atoms with Crippen LogP contribution in [0.4, 0.5) is 22.0 Å². The van der Waals surface area contributed by atoms with Crippen LogP contribution in [0.25, 0.3) is 22.3 Å². The first kappa shape index (κ1) is 30.0. The molecule has 1 atom stereocenters. The Morgan fingerprint density at radius 2 is 1.73 bits per heavy atom. The van der Waals surface area contributed by atoms with E-state index in [4.69, 9.17) is 26.1 Å². The molecule has 1 aliphatic heterocycles. The number of fused-ring (bicyclic) bond motifs is 1. The maximum atomic E-state index is 15.6. The van der Waals surface area contributed by atoms with Crippen molar-refractivity contribution in [1.82, 2.24) is 14.5 Å². The first-order chi connectivity index (χ1) is 21.0. The van der Waals surface area contributed by atoms with Crippen molar-refractivity contribution in [3.63, 3.8) is 0 Å². The number of ether oxygens (including phenoxy) is 2. The molecule has 1 fully saturated rings. The lowest BCUT2D eigenvalue weighted by Crippen LogP contribution is -2.27. The molecule has 2 aromatic heterocycles. The molecule has 0 aliphatic carbocycles. The van der Waals surface area contributed by atoms with Gasteiger partial charge in [-0.25, -0.2) is 31.9 Å². The molecule has 1 saturated heterocycles. The number of halogens is 6. The Hall–Kier alpha value is -4.02. The third-order valence-corrected chi connectivity index (χ3v) is 8.09. The molecule has 1 aliphatic rings. The first-order valence-electron chi connectivity index (χ1n) is 13.9. The summed E-state index contributed by atoms with van der Waals surface area (Å²) >= 11 is 5.78. The lowest BCUT2D eigenvalue weighted by molar-refractivity contribution is 0.150. The molecule has 3 aromatic carbocycles. The van der Waals surface area contributed by atoms with Crippen LogP contribution in [0.2, 0.25) is 5.02 Å². The van der Waals surface area contributed by atoms with E-state index in [1.807, 2.05) is 28.8 Å². The van der Waals surface area contributed by atoms with Gasteiger partial charge in [-0.2, -0.15) is 0 Å². The molecule has 0 radical (unpaired) electrons. The topological polar surface area (TPSA) is 49.2 Å². The van der Waals surface area contributed by atoms with Gasteiger partial charge >= 0.3 is 0 Å². The smallest absolute Gasteiger partial charge is 0.264 e. The molecular formula is C33H27ClF5N3O2. The van der Waals surface area contributed by atoms with E-state index < -0.39 is 29.4 Å². The van der Waals surface area contributed by atoms with Gasteiger partial charge in [0.05, 0.1) is 36.0 Å². The van der Waals surface area contributed by atoms with Gasteiger partial charge in [-0.3, -0.25) is 0 Å². The Morgan fingerprint density at radius 3 is 2.45 bits per heavy atom. The standard InChI is InChI=1S/C33H27ClF5N3O2/c1-33(2)17-43-16-29(33)42-28-6-4-3-5-26(28)40-30(42)11-19-9-25(37)22(14-24(19)36)27-10-20(32(38)39)12-31(41-27)44-15-18-7-8-21(34)13-23(18)35/h3-10,12-14,29,32H,11,15-17H2,1-2H3/t29-/m1/s1. The minimum absolute atomic E-state index is 0.0180. The Bertz CT molecular complexity index is 1860. The molecule has 6 rings (SSSR count). The van der Waals surface area contributed by atoms with Gasteiger partial charge < -0.3 is 14.0 Å². The van der Waals surface area contributed by atoms with Gasteiger partial charge in [0.25, 0.3) is 6.43 Å². The molecule has 5 aromatic rings. The largest absolute Gasteiger partial charge is 0.473 e. The highest BCUT2D eigenvalue weighted by atomic mass is 35.5. The zero-order chi connectivity index (χ0) is 31.2. The number of alkyl halides is 2. The van der Waals surface area contributed by atoms with E-state index in [1.54, 1.807) is 0 Å². The summed E-state index contributed by atoms with van der Waals surface area (Å²) in [5, 5.41) is 0.181. The van der Waals surface area contributed by atoms with E-state index in [9.17, 15) is 13.2 Å². The highest BCUT2D eigenvalue weighted by molar-refractivity contribution is 6.30. The van der Waals surface area contributed by atoms with Crippen molar-refractivity contribution < 1.29 is 31.4 Å².